The van der Waals surface area contributed by atoms with E-state index in [1.54, 1.807) is 12.3 Å². The average Bonchev–Trinajstić information content (AvgIpc) is 3.22. The number of carbonyl (C=O) groups excluding carboxylic acids is 2. The molecular weight excluding hydrogens is 429 g/mol. The Morgan fingerprint density at radius 2 is 1.71 bits per heavy atom. The maximum atomic E-state index is 13.9. The van der Waals surface area contributed by atoms with Gasteiger partial charge in [-0.05, 0) is 60.7 Å². The molecule has 1 heterocycles. The molecule has 1 unspecified atom stereocenters. The van der Waals surface area contributed by atoms with E-state index < -0.39 is 6.04 Å². The van der Waals surface area contributed by atoms with Gasteiger partial charge < -0.3 is 15.6 Å². The second-order valence-electron chi connectivity index (χ2n) is 8.57. The van der Waals surface area contributed by atoms with Crippen molar-refractivity contribution in [1.29, 1.82) is 0 Å². The van der Waals surface area contributed by atoms with E-state index >= 15 is 0 Å². The normalized spacial score (nSPS) is 11.9. The molecule has 6 heteroatoms. The Morgan fingerprint density at radius 3 is 2.44 bits per heavy atom. The minimum Gasteiger partial charge on any atom is -0.361 e. The molecule has 0 aliphatic carbocycles. The predicted octanol–water partition coefficient (Wildman–Crippen LogP) is 5.22. The third kappa shape index (κ3) is 5.52. The molecule has 1 atom stereocenters. The number of aryl methyl sites for hydroxylation is 3. The van der Waals surface area contributed by atoms with Crippen LogP contribution >= 0.6 is 0 Å². The van der Waals surface area contributed by atoms with Gasteiger partial charge in [-0.1, -0.05) is 48.5 Å². The molecule has 1 aromatic heterocycles. The number of H-pyrrole nitrogens is 1. The number of aromatic amines is 1. The van der Waals surface area contributed by atoms with Crippen molar-refractivity contribution in [2.24, 2.45) is 0 Å². The number of carbonyl (C=O) groups is 2. The Morgan fingerprint density at radius 1 is 0.971 bits per heavy atom. The summed E-state index contributed by atoms with van der Waals surface area (Å²) in [5, 5.41) is 6.59. The number of rotatable bonds is 8. The fourth-order valence-electron chi connectivity index (χ4n) is 4.14. The zero-order valence-corrected chi connectivity index (χ0v) is 19.3. The minimum atomic E-state index is -0.815. The number of nitrogens with one attached hydrogen (secondary N) is 3. The molecule has 0 radical (unpaired) electrons. The topological polar surface area (TPSA) is 74.0 Å². The molecule has 0 spiro atoms. The van der Waals surface area contributed by atoms with E-state index in [1.807, 2.05) is 62.4 Å². The predicted molar refractivity (Wildman–Crippen MR) is 133 cm³/mol. The van der Waals surface area contributed by atoms with Gasteiger partial charge in [0.05, 0.1) is 0 Å². The second kappa shape index (κ2) is 10.3. The molecule has 0 saturated carbocycles. The van der Waals surface area contributed by atoms with E-state index in [4.69, 9.17) is 0 Å². The maximum absolute atomic E-state index is 13.9. The van der Waals surface area contributed by atoms with Crippen molar-refractivity contribution in [3.8, 4) is 0 Å². The summed E-state index contributed by atoms with van der Waals surface area (Å²) < 4.78 is 13.9. The van der Waals surface area contributed by atoms with Crippen LogP contribution in [0, 0.1) is 19.7 Å². The lowest BCUT2D eigenvalue weighted by Crippen LogP contribution is -2.45. The van der Waals surface area contributed by atoms with Crippen LogP contribution in [-0.4, -0.2) is 22.8 Å². The molecule has 34 heavy (non-hydrogen) atoms. The van der Waals surface area contributed by atoms with Crippen LogP contribution in [0.1, 0.15) is 28.7 Å². The number of aromatic nitrogens is 1. The summed E-state index contributed by atoms with van der Waals surface area (Å²) in [7, 11) is 0. The zero-order valence-electron chi connectivity index (χ0n) is 19.3. The minimum absolute atomic E-state index is 0.212. The molecule has 0 aliphatic heterocycles. The number of benzene rings is 3. The third-order valence-corrected chi connectivity index (χ3v) is 6.02. The lowest BCUT2D eigenvalue weighted by Gasteiger charge is -2.20. The van der Waals surface area contributed by atoms with Gasteiger partial charge in [-0.2, -0.15) is 0 Å². The number of amides is 2. The lowest BCUT2D eigenvalue weighted by molar-refractivity contribution is -0.126. The summed E-state index contributed by atoms with van der Waals surface area (Å²) >= 11 is 0. The first-order chi connectivity index (χ1) is 16.4. The van der Waals surface area contributed by atoms with Gasteiger partial charge in [0.15, 0.2) is 0 Å². The number of anilines is 1. The van der Waals surface area contributed by atoms with Crippen molar-refractivity contribution in [3.63, 3.8) is 0 Å². The Hall–Kier alpha value is -3.93. The first kappa shape index (κ1) is 23.2. The highest BCUT2D eigenvalue weighted by molar-refractivity contribution is 5.99. The number of hydrogen-bond acceptors (Lipinski definition) is 2. The van der Waals surface area contributed by atoms with Crippen LogP contribution in [0.4, 0.5) is 10.1 Å². The van der Waals surface area contributed by atoms with Gasteiger partial charge in [0.25, 0.3) is 0 Å². The summed E-state index contributed by atoms with van der Waals surface area (Å²) in [5.74, 6) is -0.871. The first-order valence-corrected chi connectivity index (χ1v) is 11.4. The average molecular weight is 458 g/mol. The van der Waals surface area contributed by atoms with Gasteiger partial charge >= 0.3 is 0 Å². The number of hydrogen-bond donors (Lipinski definition) is 3. The Bertz CT molecular complexity index is 1290. The Kier molecular flexibility index (Phi) is 7.07. The Labute approximate surface area is 198 Å². The fourth-order valence-corrected chi connectivity index (χ4v) is 4.14. The highest BCUT2D eigenvalue weighted by Crippen LogP contribution is 2.23. The quantitative estimate of drug-likeness (QED) is 0.339. The van der Waals surface area contributed by atoms with Crippen LogP contribution in [0.5, 0.6) is 0 Å². The van der Waals surface area contributed by atoms with Gasteiger partial charge in [-0.25, -0.2) is 4.39 Å². The molecule has 174 valence electrons. The van der Waals surface area contributed by atoms with Crippen molar-refractivity contribution in [1.82, 2.24) is 10.3 Å². The largest absolute Gasteiger partial charge is 0.361 e. The maximum Gasteiger partial charge on any atom is 0.247 e. The fraction of sp³-hybridized carbons (Fsp3) is 0.214. The van der Waals surface area contributed by atoms with E-state index in [9.17, 15) is 14.0 Å². The van der Waals surface area contributed by atoms with Crippen molar-refractivity contribution in [2.45, 2.75) is 39.2 Å². The summed E-state index contributed by atoms with van der Waals surface area (Å²) in [6.07, 6.45) is 2.84. The monoisotopic (exact) mass is 457 g/mol. The van der Waals surface area contributed by atoms with Gasteiger partial charge in [0.2, 0.25) is 11.8 Å². The van der Waals surface area contributed by atoms with Crippen LogP contribution in [0.15, 0.2) is 72.9 Å². The molecule has 4 rings (SSSR count). The number of halogens is 1. The van der Waals surface area contributed by atoms with Gasteiger partial charge in [-0.15, -0.1) is 0 Å². The van der Waals surface area contributed by atoms with Crippen LogP contribution in [0.3, 0.4) is 0 Å². The van der Waals surface area contributed by atoms with E-state index in [1.165, 1.54) is 12.1 Å². The summed E-state index contributed by atoms with van der Waals surface area (Å²) in [6, 6.07) is 19.2. The highest BCUT2D eigenvalue weighted by atomic mass is 19.1. The molecule has 0 saturated heterocycles. The van der Waals surface area contributed by atoms with Gasteiger partial charge in [0.1, 0.15) is 11.9 Å². The Balaban J connectivity index is 1.55. The summed E-state index contributed by atoms with van der Waals surface area (Å²) in [5.41, 5.74) is 5.22. The second-order valence-corrected chi connectivity index (χ2v) is 8.57. The highest BCUT2D eigenvalue weighted by Gasteiger charge is 2.24. The van der Waals surface area contributed by atoms with E-state index in [2.05, 4.69) is 15.6 Å². The van der Waals surface area contributed by atoms with Crippen LogP contribution in [0.2, 0.25) is 0 Å². The molecule has 0 bridgehead atoms. The number of fused-ring (bicyclic) bond motifs is 1. The lowest BCUT2D eigenvalue weighted by atomic mass is 10.0. The molecular formula is C28H28FN3O2. The van der Waals surface area contributed by atoms with Crippen molar-refractivity contribution >= 4 is 28.4 Å². The van der Waals surface area contributed by atoms with E-state index in [0.717, 1.165) is 33.5 Å². The van der Waals surface area contributed by atoms with Crippen molar-refractivity contribution < 1.29 is 14.0 Å². The molecule has 3 aromatic carbocycles. The van der Waals surface area contributed by atoms with Crippen LogP contribution < -0.4 is 10.6 Å². The molecule has 0 fully saturated rings. The SMILES string of the molecule is Cc1cccc(C)c1NC(=O)C(Cc1c[nH]c2ccc(F)cc12)NC(=O)CCc1ccccc1. The van der Waals surface area contributed by atoms with E-state index in [0.29, 0.717) is 11.8 Å². The summed E-state index contributed by atoms with van der Waals surface area (Å²) in [4.78, 5) is 29.3. The third-order valence-electron chi connectivity index (χ3n) is 6.02. The van der Waals surface area contributed by atoms with Crippen LogP contribution in [0.25, 0.3) is 10.9 Å². The van der Waals surface area contributed by atoms with Crippen molar-refractivity contribution in [3.05, 3.63) is 101 Å². The molecule has 3 N–H and O–H groups in total. The van der Waals surface area contributed by atoms with Crippen LogP contribution in [-0.2, 0) is 22.4 Å². The zero-order chi connectivity index (χ0) is 24.1. The van der Waals surface area contributed by atoms with E-state index in [-0.39, 0.29) is 30.5 Å². The van der Waals surface area contributed by atoms with Gasteiger partial charge in [-0.3, -0.25) is 9.59 Å². The van der Waals surface area contributed by atoms with Crippen molar-refractivity contribution in [2.75, 3.05) is 5.32 Å². The number of para-hydroxylation sites is 1. The smallest absolute Gasteiger partial charge is 0.247 e. The first-order valence-electron chi connectivity index (χ1n) is 11.4. The van der Waals surface area contributed by atoms with Gasteiger partial charge in [0, 0.05) is 35.6 Å². The standard InChI is InChI=1S/C28H28FN3O2/c1-18-7-6-8-19(2)27(18)32-28(34)25(31-26(33)14-11-20-9-4-3-5-10-20)15-21-17-30-24-13-12-22(29)16-23(21)24/h3-10,12-13,16-17,25,30H,11,14-15H2,1-2H3,(H,31,33)(H,32,34). The molecule has 2 amide bonds. The molecule has 5 nitrogen and oxygen atoms in total. The summed E-state index contributed by atoms with van der Waals surface area (Å²) in [6.45, 7) is 3.86. The molecule has 0 aliphatic rings. The molecule has 4 aromatic rings.